The van der Waals surface area contributed by atoms with E-state index in [0.29, 0.717) is 54.6 Å². The van der Waals surface area contributed by atoms with Gasteiger partial charge in [0, 0.05) is 38.2 Å². The van der Waals surface area contributed by atoms with Crippen LogP contribution >= 0.6 is 0 Å². The number of ether oxygens (including phenoxy) is 5. The molecule has 0 saturated carbocycles. The first-order valence-electron chi connectivity index (χ1n) is 13.0. The second kappa shape index (κ2) is 11.2. The number of hydrogen-bond acceptors (Lipinski definition) is 9. The Balaban J connectivity index is 1.61. The molecule has 0 bridgehead atoms. The third-order valence-corrected chi connectivity index (χ3v) is 7.47. The van der Waals surface area contributed by atoms with Crippen molar-refractivity contribution in [2.45, 2.75) is 25.5 Å². The molecule has 0 aliphatic carbocycles. The molecule has 0 aromatic heterocycles. The zero-order valence-corrected chi connectivity index (χ0v) is 22.7. The van der Waals surface area contributed by atoms with Gasteiger partial charge in [0.15, 0.2) is 11.5 Å². The average Bonchev–Trinajstić information content (AvgIpc) is 3.46. The largest absolute Gasteiger partial charge is 0.507 e. The van der Waals surface area contributed by atoms with Gasteiger partial charge in [-0.15, -0.1) is 0 Å². The van der Waals surface area contributed by atoms with Crippen molar-refractivity contribution in [3.05, 3.63) is 52.6 Å². The van der Waals surface area contributed by atoms with E-state index in [1.54, 1.807) is 24.3 Å². The summed E-state index contributed by atoms with van der Waals surface area (Å²) in [5.41, 5.74) is 1.97. The number of rotatable bonds is 8. The summed E-state index contributed by atoms with van der Waals surface area (Å²) in [4.78, 5) is 30.7. The van der Waals surface area contributed by atoms with Crippen LogP contribution in [0.2, 0.25) is 0 Å². The molecule has 2 aromatic carbocycles. The Morgan fingerprint density at radius 3 is 2.33 bits per heavy atom. The van der Waals surface area contributed by atoms with E-state index in [1.165, 1.54) is 26.2 Å². The smallest absolute Gasteiger partial charge is 0.295 e. The van der Waals surface area contributed by atoms with Gasteiger partial charge >= 0.3 is 0 Å². The van der Waals surface area contributed by atoms with Crippen molar-refractivity contribution in [1.82, 2.24) is 9.80 Å². The lowest BCUT2D eigenvalue weighted by Crippen LogP contribution is -2.42. The molecule has 2 aromatic rings. The van der Waals surface area contributed by atoms with Gasteiger partial charge in [0.2, 0.25) is 5.75 Å². The minimum Gasteiger partial charge on any atom is -0.507 e. The normalized spacial score (nSPS) is 22.5. The number of aliphatic hydroxyl groups is 1. The van der Waals surface area contributed by atoms with E-state index in [2.05, 4.69) is 4.90 Å². The highest BCUT2D eigenvalue weighted by Gasteiger charge is 2.46. The van der Waals surface area contributed by atoms with Crippen LogP contribution in [-0.2, 0) is 20.7 Å². The van der Waals surface area contributed by atoms with Crippen LogP contribution in [0.5, 0.6) is 23.0 Å². The van der Waals surface area contributed by atoms with Gasteiger partial charge in [0.25, 0.3) is 11.7 Å². The number of amides is 1. The first-order valence-corrected chi connectivity index (χ1v) is 13.0. The molecule has 2 fully saturated rings. The summed E-state index contributed by atoms with van der Waals surface area (Å²) in [5.74, 6) is 0.278. The molecule has 39 heavy (non-hydrogen) atoms. The number of morpholine rings is 1. The number of Topliss-reactive ketones (excluding diaryl/α,β-unsaturated/α-hetero) is 1. The van der Waals surface area contributed by atoms with Crippen molar-refractivity contribution in [3.63, 3.8) is 0 Å². The van der Waals surface area contributed by atoms with Gasteiger partial charge in [-0.2, -0.15) is 0 Å². The van der Waals surface area contributed by atoms with E-state index in [1.807, 2.05) is 13.0 Å². The van der Waals surface area contributed by atoms with Gasteiger partial charge in [-0.25, -0.2) is 0 Å². The monoisotopic (exact) mass is 538 g/mol. The number of fused-ring (bicyclic) bond motifs is 1. The summed E-state index contributed by atoms with van der Waals surface area (Å²) in [6.07, 6.45) is 0.725. The maximum Gasteiger partial charge on any atom is 0.295 e. The van der Waals surface area contributed by atoms with Crippen molar-refractivity contribution in [2.24, 2.45) is 0 Å². The standard InChI is InChI=1S/C29H34N2O8/c1-17-13-19-14-18(5-6-21(19)39-17)26(32)24-25(20-15-22(35-2)28(37-4)23(16-20)36-3)31(29(34)27(24)33)8-7-30-9-11-38-12-10-30/h5-6,14-17,25,32H,7-13H2,1-4H3/t17-,25+/m1/s1. The quantitative estimate of drug-likeness (QED) is 0.308. The Kier molecular flexibility index (Phi) is 7.67. The van der Waals surface area contributed by atoms with E-state index in [-0.39, 0.29) is 24.0 Å². The van der Waals surface area contributed by atoms with E-state index in [4.69, 9.17) is 23.7 Å². The van der Waals surface area contributed by atoms with Gasteiger partial charge in [-0.3, -0.25) is 14.5 Å². The zero-order chi connectivity index (χ0) is 27.7. The number of likely N-dealkylation sites (tertiary alicyclic amines) is 1. The topological polar surface area (TPSA) is 107 Å². The second-order valence-corrected chi connectivity index (χ2v) is 9.86. The third-order valence-electron chi connectivity index (χ3n) is 7.47. The highest BCUT2D eigenvalue weighted by atomic mass is 16.5. The number of aliphatic hydroxyl groups excluding tert-OH is 1. The van der Waals surface area contributed by atoms with Crippen LogP contribution in [0.25, 0.3) is 5.76 Å². The lowest BCUT2D eigenvalue weighted by molar-refractivity contribution is -0.140. The molecule has 0 spiro atoms. The predicted molar refractivity (Wildman–Crippen MR) is 143 cm³/mol. The van der Waals surface area contributed by atoms with Crippen LogP contribution in [0.4, 0.5) is 0 Å². The fourth-order valence-electron chi connectivity index (χ4n) is 5.52. The summed E-state index contributed by atoms with van der Waals surface area (Å²) in [7, 11) is 4.51. The van der Waals surface area contributed by atoms with E-state index in [0.717, 1.165) is 24.4 Å². The van der Waals surface area contributed by atoms with Crippen LogP contribution in [-0.4, -0.2) is 93.4 Å². The Bertz CT molecular complexity index is 1280. The minimum absolute atomic E-state index is 0.0168. The highest BCUT2D eigenvalue weighted by Crippen LogP contribution is 2.46. The Labute approximate surface area is 227 Å². The molecule has 10 nitrogen and oxygen atoms in total. The molecule has 2 saturated heterocycles. The van der Waals surface area contributed by atoms with E-state index < -0.39 is 17.7 Å². The molecule has 0 radical (unpaired) electrons. The van der Waals surface area contributed by atoms with Crippen LogP contribution in [0, 0.1) is 0 Å². The molecule has 5 rings (SSSR count). The SMILES string of the molecule is COc1cc([C@H]2C(=C(O)c3ccc4c(c3)C[C@@H](C)O4)C(=O)C(=O)N2CCN2CCOCC2)cc(OC)c1OC. The number of methoxy groups -OCH3 is 3. The highest BCUT2D eigenvalue weighted by molar-refractivity contribution is 6.46. The van der Waals surface area contributed by atoms with Crippen molar-refractivity contribution in [2.75, 3.05) is 60.7 Å². The van der Waals surface area contributed by atoms with Crippen LogP contribution in [0.3, 0.4) is 0 Å². The first-order chi connectivity index (χ1) is 18.9. The maximum atomic E-state index is 13.5. The predicted octanol–water partition coefficient (Wildman–Crippen LogP) is 2.79. The van der Waals surface area contributed by atoms with Gasteiger partial charge in [0.1, 0.15) is 17.6 Å². The second-order valence-electron chi connectivity index (χ2n) is 9.86. The number of benzene rings is 2. The molecule has 0 unspecified atom stereocenters. The van der Waals surface area contributed by atoms with Crippen molar-refractivity contribution < 1.29 is 38.4 Å². The Hall–Kier alpha value is -3.76. The molecule has 3 heterocycles. The van der Waals surface area contributed by atoms with Crippen LogP contribution in [0.15, 0.2) is 35.9 Å². The summed E-state index contributed by atoms with van der Waals surface area (Å²) >= 11 is 0. The fourth-order valence-corrected chi connectivity index (χ4v) is 5.52. The van der Waals surface area contributed by atoms with Gasteiger partial charge < -0.3 is 33.7 Å². The number of hydrogen-bond donors (Lipinski definition) is 1. The number of ketones is 1. The molecule has 10 heteroatoms. The average molecular weight is 539 g/mol. The number of nitrogens with zero attached hydrogens (tertiary/aromatic N) is 2. The number of carbonyl (C=O) groups is 2. The minimum atomic E-state index is -0.858. The zero-order valence-electron chi connectivity index (χ0n) is 22.7. The first kappa shape index (κ1) is 26.8. The van der Waals surface area contributed by atoms with Crippen LogP contribution in [0.1, 0.15) is 29.7 Å². The van der Waals surface area contributed by atoms with E-state index in [9.17, 15) is 14.7 Å². The fraction of sp³-hybridized carbons (Fsp3) is 0.448. The molecular formula is C29H34N2O8. The van der Waals surface area contributed by atoms with Crippen molar-refractivity contribution in [3.8, 4) is 23.0 Å². The molecular weight excluding hydrogens is 504 g/mol. The third kappa shape index (κ3) is 5.02. The molecule has 2 atom stereocenters. The lowest BCUT2D eigenvalue weighted by Gasteiger charge is -2.31. The Morgan fingerprint density at radius 2 is 1.69 bits per heavy atom. The van der Waals surface area contributed by atoms with Gasteiger partial charge in [0.05, 0.1) is 46.2 Å². The van der Waals surface area contributed by atoms with Crippen molar-refractivity contribution in [1.29, 1.82) is 0 Å². The van der Waals surface area contributed by atoms with Gasteiger partial charge in [-0.1, -0.05) is 0 Å². The summed E-state index contributed by atoms with van der Waals surface area (Å²) in [6, 6.07) is 7.89. The molecule has 1 amide bonds. The number of carbonyl (C=O) groups excluding carboxylic acids is 2. The van der Waals surface area contributed by atoms with Gasteiger partial charge in [-0.05, 0) is 48.4 Å². The molecule has 3 aliphatic rings. The molecule has 3 aliphatic heterocycles. The summed E-state index contributed by atoms with van der Waals surface area (Å²) in [5, 5.41) is 11.6. The molecule has 1 N–H and O–H groups in total. The maximum absolute atomic E-state index is 13.5. The molecule has 208 valence electrons. The van der Waals surface area contributed by atoms with Crippen LogP contribution < -0.4 is 18.9 Å². The Morgan fingerprint density at radius 1 is 1.00 bits per heavy atom. The van der Waals surface area contributed by atoms with Crippen molar-refractivity contribution >= 4 is 17.4 Å². The lowest BCUT2D eigenvalue weighted by atomic mass is 9.94. The summed E-state index contributed by atoms with van der Waals surface area (Å²) in [6.45, 7) is 5.56. The van der Waals surface area contributed by atoms with E-state index >= 15 is 0 Å². The summed E-state index contributed by atoms with van der Waals surface area (Å²) < 4.78 is 27.8.